The van der Waals surface area contributed by atoms with Gasteiger partial charge in [0.1, 0.15) is 10.7 Å². The first-order valence-corrected chi connectivity index (χ1v) is 7.37. The van der Waals surface area contributed by atoms with Crippen molar-refractivity contribution in [3.8, 4) is 0 Å². The van der Waals surface area contributed by atoms with Crippen molar-refractivity contribution in [2.24, 2.45) is 0 Å². The summed E-state index contributed by atoms with van der Waals surface area (Å²) in [5.74, 6) is -1.57. The van der Waals surface area contributed by atoms with E-state index in [1.165, 1.54) is 31.4 Å². The van der Waals surface area contributed by atoms with E-state index >= 15 is 0 Å². The monoisotopic (exact) mass is 339 g/mol. The number of ether oxygens (including phenoxy) is 1. The number of carbonyl (C=O) groups excluding carboxylic acids is 2. The molecule has 1 aromatic carbocycles. The molecule has 1 heterocycles. The maximum absolute atomic E-state index is 13.6. The fourth-order valence-corrected chi connectivity index (χ4v) is 2.65. The second-order valence-corrected chi connectivity index (χ2v) is 5.44. The van der Waals surface area contributed by atoms with E-state index in [-0.39, 0.29) is 15.5 Å². The molecule has 0 radical (unpaired) electrons. The number of carbonyl (C=O) groups is 2. The minimum absolute atomic E-state index is 0.123. The maximum atomic E-state index is 13.6. The van der Waals surface area contributed by atoms with Gasteiger partial charge in [-0.3, -0.25) is 4.79 Å². The van der Waals surface area contributed by atoms with Gasteiger partial charge >= 0.3 is 5.97 Å². The number of nitrogens with one attached hydrogen (secondary N) is 1. The Morgan fingerprint density at radius 1 is 1.36 bits per heavy atom. The number of rotatable bonds is 4. The van der Waals surface area contributed by atoms with Crippen molar-refractivity contribution in [2.45, 2.75) is 0 Å². The van der Waals surface area contributed by atoms with E-state index in [1.54, 1.807) is 11.4 Å². The van der Waals surface area contributed by atoms with Gasteiger partial charge in [0.05, 0.1) is 17.8 Å². The SMILES string of the molecule is COC(=O)c1sccc1NC(=O)C=Cc1c(F)cccc1Cl. The highest BCUT2D eigenvalue weighted by Gasteiger charge is 2.14. The normalized spacial score (nSPS) is 10.7. The molecule has 4 nitrogen and oxygen atoms in total. The van der Waals surface area contributed by atoms with Crippen LogP contribution in [0, 0.1) is 5.82 Å². The van der Waals surface area contributed by atoms with Gasteiger partial charge in [-0.25, -0.2) is 9.18 Å². The van der Waals surface area contributed by atoms with Crippen molar-refractivity contribution < 1.29 is 18.7 Å². The molecule has 0 aliphatic heterocycles. The molecule has 0 bridgehead atoms. The lowest BCUT2D eigenvalue weighted by Gasteiger charge is -2.03. The Bertz CT molecular complexity index is 722. The van der Waals surface area contributed by atoms with Crippen LogP contribution in [0.1, 0.15) is 15.2 Å². The highest BCUT2D eigenvalue weighted by Crippen LogP contribution is 2.24. The smallest absolute Gasteiger partial charge is 0.350 e. The molecule has 0 spiro atoms. The molecule has 1 N–H and O–H groups in total. The summed E-state index contributed by atoms with van der Waals surface area (Å²) in [5, 5.41) is 4.39. The van der Waals surface area contributed by atoms with Crippen LogP contribution < -0.4 is 5.32 Å². The molecular weight excluding hydrogens is 329 g/mol. The Kier molecular flexibility index (Phi) is 5.30. The first-order chi connectivity index (χ1) is 10.5. The Morgan fingerprint density at radius 3 is 2.82 bits per heavy atom. The summed E-state index contributed by atoms with van der Waals surface area (Å²) in [6.45, 7) is 0. The molecule has 2 rings (SSSR count). The summed E-state index contributed by atoms with van der Waals surface area (Å²) in [5.41, 5.74) is 0.462. The Morgan fingerprint density at radius 2 is 2.14 bits per heavy atom. The third-order valence-corrected chi connectivity index (χ3v) is 3.92. The van der Waals surface area contributed by atoms with E-state index in [2.05, 4.69) is 10.1 Å². The van der Waals surface area contributed by atoms with Gasteiger partial charge in [0.2, 0.25) is 5.91 Å². The lowest BCUT2D eigenvalue weighted by Crippen LogP contribution is -2.10. The molecule has 2 aromatic rings. The number of methoxy groups -OCH3 is 1. The van der Waals surface area contributed by atoms with Crippen molar-refractivity contribution in [2.75, 3.05) is 12.4 Å². The molecular formula is C15H11ClFNO3S. The van der Waals surface area contributed by atoms with E-state index < -0.39 is 17.7 Å². The molecule has 1 amide bonds. The topological polar surface area (TPSA) is 55.4 Å². The van der Waals surface area contributed by atoms with E-state index in [4.69, 9.17) is 11.6 Å². The summed E-state index contributed by atoms with van der Waals surface area (Å²) in [6.07, 6.45) is 2.42. The van der Waals surface area contributed by atoms with Gasteiger partial charge in [0, 0.05) is 11.6 Å². The number of hydrogen-bond acceptors (Lipinski definition) is 4. The van der Waals surface area contributed by atoms with Gasteiger partial charge < -0.3 is 10.1 Å². The molecule has 0 fully saturated rings. The molecule has 22 heavy (non-hydrogen) atoms. The average Bonchev–Trinajstić information content (AvgIpc) is 2.94. The van der Waals surface area contributed by atoms with Gasteiger partial charge in [-0.1, -0.05) is 17.7 Å². The van der Waals surface area contributed by atoms with Gasteiger partial charge in [-0.05, 0) is 29.7 Å². The second-order valence-electron chi connectivity index (χ2n) is 4.11. The van der Waals surface area contributed by atoms with Crippen molar-refractivity contribution in [3.63, 3.8) is 0 Å². The van der Waals surface area contributed by atoms with Crippen LogP contribution in [0.25, 0.3) is 6.08 Å². The zero-order valence-corrected chi connectivity index (χ0v) is 13.0. The summed E-state index contributed by atoms with van der Waals surface area (Å²) < 4.78 is 18.2. The zero-order valence-electron chi connectivity index (χ0n) is 11.4. The predicted molar refractivity (Wildman–Crippen MR) is 84.7 cm³/mol. The average molecular weight is 340 g/mol. The minimum atomic E-state index is -0.536. The van der Waals surface area contributed by atoms with Gasteiger partial charge in [0.25, 0.3) is 0 Å². The molecule has 1 aromatic heterocycles. The number of amides is 1. The fraction of sp³-hybridized carbons (Fsp3) is 0.0667. The van der Waals surface area contributed by atoms with Crippen molar-refractivity contribution >= 4 is 46.6 Å². The largest absolute Gasteiger partial charge is 0.465 e. The first-order valence-electron chi connectivity index (χ1n) is 6.12. The number of anilines is 1. The quantitative estimate of drug-likeness (QED) is 0.677. The van der Waals surface area contributed by atoms with E-state index in [0.717, 1.165) is 17.4 Å². The van der Waals surface area contributed by atoms with Crippen LogP contribution >= 0.6 is 22.9 Å². The zero-order chi connectivity index (χ0) is 16.1. The molecule has 114 valence electrons. The van der Waals surface area contributed by atoms with Crippen molar-refractivity contribution in [3.05, 3.63) is 57.0 Å². The summed E-state index contributed by atoms with van der Waals surface area (Å²) >= 11 is 7.01. The van der Waals surface area contributed by atoms with Crippen molar-refractivity contribution in [1.82, 2.24) is 0 Å². The fourth-order valence-electron chi connectivity index (χ4n) is 1.66. The Labute approximate surface area is 135 Å². The standard InChI is InChI=1S/C15H11ClFNO3S/c1-21-15(20)14-12(7-8-22-14)18-13(19)6-5-9-10(16)3-2-4-11(9)17/h2-8H,1H3,(H,18,19). The van der Waals surface area contributed by atoms with E-state index in [0.29, 0.717) is 5.69 Å². The Balaban J connectivity index is 2.13. The molecule has 0 aliphatic rings. The highest BCUT2D eigenvalue weighted by atomic mass is 35.5. The predicted octanol–water partition coefficient (Wildman–Crippen LogP) is 3.98. The lowest BCUT2D eigenvalue weighted by atomic mass is 10.2. The molecule has 0 saturated heterocycles. The molecule has 0 atom stereocenters. The van der Waals surface area contributed by atoms with Gasteiger partial charge in [-0.2, -0.15) is 0 Å². The van der Waals surface area contributed by atoms with E-state index in [1.807, 2.05) is 0 Å². The number of benzene rings is 1. The number of esters is 1. The summed E-state index contributed by atoms with van der Waals surface area (Å²) in [4.78, 5) is 23.6. The molecule has 0 aliphatic carbocycles. The van der Waals surface area contributed by atoms with Crippen LogP contribution in [0.4, 0.5) is 10.1 Å². The number of halogens is 2. The second kappa shape index (κ2) is 7.20. The minimum Gasteiger partial charge on any atom is -0.465 e. The van der Waals surface area contributed by atoms with Gasteiger partial charge in [-0.15, -0.1) is 11.3 Å². The van der Waals surface area contributed by atoms with E-state index in [9.17, 15) is 14.0 Å². The molecule has 0 unspecified atom stereocenters. The van der Waals surface area contributed by atoms with Crippen LogP contribution in [-0.2, 0) is 9.53 Å². The van der Waals surface area contributed by atoms with Crippen LogP contribution in [-0.4, -0.2) is 19.0 Å². The van der Waals surface area contributed by atoms with Crippen LogP contribution in [0.3, 0.4) is 0 Å². The van der Waals surface area contributed by atoms with Crippen LogP contribution in [0.15, 0.2) is 35.7 Å². The summed E-state index contributed by atoms with van der Waals surface area (Å²) in [7, 11) is 1.26. The number of thiophene rings is 1. The van der Waals surface area contributed by atoms with Crippen LogP contribution in [0.2, 0.25) is 5.02 Å². The third-order valence-electron chi connectivity index (χ3n) is 2.69. The maximum Gasteiger partial charge on any atom is 0.350 e. The highest BCUT2D eigenvalue weighted by molar-refractivity contribution is 7.12. The molecule has 0 saturated carbocycles. The van der Waals surface area contributed by atoms with Crippen LogP contribution in [0.5, 0.6) is 0 Å². The van der Waals surface area contributed by atoms with Gasteiger partial charge in [0.15, 0.2) is 0 Å². The first kappa shape index (κ1) is 16.2. The lowest BCUT2D eigenvalue weighted by molar-refractivity contribution is -0.111. The molecule has 7 heteroatoms. The number of hydrogen-bond donors (Lipinski definition) is 1. The van der Waals surface area contributed by atoms with Crippen molar-refractivity contribution in [1.29, 1.82) is 0 Å². The Hall–Kier alpha value is -2.18. The summed E-state index contributed by atoms with van der Waals surface area (Å²) in [6, 6.07) is 5.83. The third kappa shape index (κ3) is 3.72.